The van der Waals surface area contributed by atoms with Gasteiger partial charge in [0, 0.05) is 6.42 Å². The van der Waals surface area contributed by atoms with Crippen molar-refractivity contribution in [3.63, 3.8) is 0 Å². The van der Waals surface area contributed by atoms with Crippen LogP contribution in [0.4, 0.5) is 0 Å². The van der Waals surface area contributed by atoms with Crippen LogP contribution in [0.15, 0.2) is 24.3 Å². The predicted octanol–water partition coefficient (Wildman–Crippen LogP) is 3.46. The third kappa shape index (κ3) is 3.39. The van der Waals surface area contributed by atoms with Crippen LogP contribution in [-0.2, 0) is 0 Å². The lowest BCUT2D eigenvalue weighted by atomic mass is 10.1. The highest BCUT2D eigenvalue weighted by molar-refractivity contribution is 5.98. The Morgan fingerprint density at radius 3 is 2.40 bits per heavy atom. The first-order valence-electron chi connectivity index (χ1n) is 5.25. The van der Waals surface area contributed by atoms with Crippen molar-refractivity contribution in [3.8, 4) is 5.75 Å². The van der Waals surface area contributed by atoms with Gasteiger partial charge in [-0.05, 0) is 32.9 Å². The molecule has 15 heavy (non-hydrogen) atoms. The Balaban J connectivity index is 3.02. The Labute approximate surface area is 91.3 Å². The number of rotatable bonds is 3. The molecule has 0 aliphatic carbocycles. The first kappa shape index (κ1) is 11.8. The zero-order valence-corrected chi connectivity index (χ0v) is 9.83. The molecule has 0 spiro atoms. The van der Waals surface area contributed by atoms with E-state index in [1.54, 1.807) is 0 Å². The van der Waals surface area contributed by atoms with Crippen molar-refractivity contribution in [2.75, 3.05) is 0 Å². The van der Waals surface area contributed by atoms with Crippen LogP contribution in [0.2, 0.25) is 0 Å². The number of carbonyl (C=O) groups excluding carboxylic acids is 1. The number of ketones is 1. The number of carbonyl (C=O) groups is 1. The van der Waals surface area contributed by atoms with Crippen molar-refractivity contribution in [3.05, 3.63) is 29.8 Å². The average molecular weight is 206 g/mol. The van der Waals surface area contributed by atoms with Crippen LogP contribution in [0, 0.1) is 0 Å². The van der Waals surface area contributed by atoms with Gasteiger partial charge in [0.15, 0.2) is 5.78 Å². The van der Waals surface area contributed by atoms with Crippen LogP contribution in [-0.4, -0.2) is 11.4 Å². The number of benzene rings is 1. The fraction of sp³-hybridized carbons (Fsp3) is 0.462. The highest BCUT2D eigenvalue weighted by Crippen LogP contribution is 2.23. The van der Waals surface area contributed by atoms with E-state index in [-0.39, 0.29) is 11.4 Å². The van der Waals surface area contributed by atoms with E-state index in [0.29, 0.717) is 17.7 Å². The summed E-state index contributed by atoms with van der Waals surface area (Å²) in [6, 6.07) is 7.40. The monoisotopic (exact) mass is 206 g/mol. The molecular formula is C13H18O2. The van der Waals surface area contributed by atoms with Crippen LogP contribution in [0.3, 0.4) is 0 Å². The minimum absolute atomic E-state index is 0.120. The van der Waals surface area contributed by atoms with Gasteiger partial charge in [-0.15, -0.1) is 0 Å². The smallest absolute Gasteiger partial charge is 0.166 e. The SMILES string of the molecule is CCC(=O)c1ccccc1OC(C)(C)C. The minimum atomic E-state index is -0.274. The molecule has 0 radical (unpaired) electrons. The average Bonchev–Trinajstić information content (AvgIpc) is 2.15. The van der Waals surface area contributed by atoms with Crippen molar-refractivity contribution < 1.29 is 9.53 Å². The third-order valence-electron chi connectivity index (χ3n) is 1.92. The summed E-state index contributed by atoms with van der Waals surface area (Å²) in [5, 5.41) is 0. The van der Waals surface area contributed by atoms with Gasteiger partial charge in [-0.2, -0.15) is 0 Å². The molecule has 1 aromatic rings. The van der Waals surface area contributed by atoms with E-state index < -0.39 is 0 Å². The van der Waals surface area contributed by atoms with E-state index in [1.807, 2.05) is 52.0 Å². The standard InChI is InChI=1S/C13H18O2/c1-5-11(14)10-8-6-7-9-12(10)15-13(2,3)4/h6-9H,5H2,1-4H3. The summed E-state index contributed by atoms with van der Waals surface area (Å²) in [5.74, 6) is 0.798. The second-order valence-corrected chi connectivity index (χ2v) is 4.49. The Morgan fingerprint density at radius 1 is 1.27 bits per heavy atom. The Kier molecular flexibility index (Phi) is 3.51. The van der Waals surface area contributed by atoms with E-state index in [1.165, 1.54) is 0 Å². The topological polar surface area (TPSA) is 26.3 Å². The van der Waals surface area contributed by atoms with Gasteiger partial charge >= 0.3 is 0 Å². The maximum absolute atomic E-state index is 11.6. The molecule has 0 heterocycles. The largest absolute Gasteiger partial charge is 0.487 e. The molecule has 0 N–H and O–H groups in total. The molecule has 0 unspecified atom stereocenters. The lowest BCUT2D eigenvalue weighted by molar-refractivity contribution is 0.0966. The molecule has 0 bridgehead atoms. The van der Waals surface area contributed by atoms with Gasteiger partial charge in [0.2, 0.25) is 0 Å². The normalized spacial score (nSPS) is 11.2. The van der Waals surface area contributed by atoms with Gasteiger partial charge < -0.3 is 4.74 Å². The fourth-order valence-electron chi connectivity index (χ4n) is 1.31. The van der Waals surface area contributed by atoms with Gasteiger partial charge in [-0.25, -0.2) is 0 Å². The Hall–Kier alpha value is -1.31. The molecule has 0 atom stereocenters. The summed E-state index contributed by atoms with van der Waals surface area (Å²) in [5.41, 5.74) is 0.402. The van der Waals surface area contributed by atoms with E-state index in [2.05, 4.69) is 0 Å². The molecule has 0 saturated carbocycles. The lowest BCUT2D eigenvalue weighted by Crippen LogP contribution is -2.24. The van der Waals surface area contributed by atoms with Crippen molar-refractivity contribution >= 4 is 5.78 Å². The number of Topliss-reactive ketones (excluding diaryl/α,β-unsaturated/α-hetero) is 1. The highest BCUT2D eigenvalue weighted by atomic mass is 16.5. The minimum Gasteiger partial charge on any atom is -0.487 e. The predicted molar refractivity (Wildman–Crippen MR) is 61.4 cm³/mol. The quantitative estimate of drug-likeness (QED) is 0.708. The van der Waals surface area contributed by atoms with E-state index in [9.17, 15) is 4.79 Å². The van der Waals surface area contributed by atoms with Crippen molar-refractivity contribution in [2.45, 2.75) is 39.7 Å². The van der Waals surface area contributed by atoms with Gasteiger partial charge in [0.25, 0.3) is 0 Å². The summed E-state index contributed by atoms with van der Waals surface area (Å²) in [6.07, 6.45) is 0.504. The molecule has 0 amide bonds. The summed E-state index contributed by atoms with van der Waals surface area (Å²) in [6.45, 7) is 7.77. The molecule has 1 rings (SSSR count). The second-order valence-electron chi connectivity index (χ2n) is 4.49. The molecule has 0 aliphatic rings. The maximum atomic E-state index is 11.6. The fourth-order valence-corrected chi connectivity index (χ4v) is 1.31. The Morgan fingerprint density at radius 2 is 1.87 bits per heavy atom. The van der Waals surface area contributed by atoms with Crippen LogP contribution in [0.1, 0.15) is 44.5 Å². The molecular weight excluding hydrogens is 188 g/mol. The van der Waals surface area contributed by atoms with E-state index in [4.69, 9.17) is 4.74 Å². The number of ether oxygens (including phenoxy) is 1. The number of para-hydroxylation sites is 1. The van der Waals surface area contributed by atoms with Crippen molar-refractivity contribution in [1.82, 2.24) is 0 Å². The zero-order chi connectivity index (χ0) is 11.5. The van der Waals surface area contributed by atoms with E-state index >= 15 is 0 Å². The van der Waals surface area contributed by atoms with E-state index in [0.717, 1.165) is 0 Å². The third-order valence-corrected chi connectivity index (χ3v) is 1.92. The van der Waals surface area contributed by atoms with Crippen molar-refractivity contribution in [2.24, 2.45) is 0 Å². The summed E-state index contributed by atoms with van der Waals surface area (Å²) < 4.78 is 5.73. The van der Waals surface area contributed by atoms with Gasteiger partial charge in [0.05, 0.1) is 5.56 Å². The molecule has 1 aromatic carbocycles. The van der Waals surface area contributed by atoms with Gasteiger partial charge in [-0.1, -0.05) is 19.1 Å². The summed E-state index contributed by atoms with van der Waals surface area (Å²) in [7, 11) is 0. The molecule has 2 nitrogen and oxygen atoms in total. The number of hydrogen-bond acceptors (Lipinski definition) is 2. The molecule has 0 saturated heterocycles. The molecule has 0 aromatic heterocycles. The zero-order valence-electron chi connectivity index (χ0n) is 9.83. The molecule has 0 aliphatic heterocycles. The first-order valence-corrected chi connectivity index (χ1v) is 5.25. The summed E-state index contributed by atoms with van der Waals surface area (Å²) >= 11 is 0. The van der Waals surface area contributed by atoms with Crippen LogP contribution in [0.5, 0.6) is 5.75 Å². The maximum Gasteiger partial charge on any atom is 0.166 e. The number of hydrogen-bond donors (Lipinski definition) is 0. The van der Waals surface area contributed by atoms with Crippen LogP contribution < -0.4 is 4.74 Å². The molecule has 0 fully saturated rings. The Bertz CT molecular complexity index is 348. The first-order chi connectivity index (χ1) is 6.94. The van der Waals surface area contributed by atoms with Crippen LogP contribution >= 0.6 is 0 Å². The second kappa shape index (κ2) is 4.47. The van der Waals surface area contributed by atoms with Gasteiger partial charge in [0.1, 0.15) is 11.4 Å². The lowest BCUT2D eigenvalue weighted by Gasteiger charge is -2.22. The molecule has 82 valence electrons. The van der Waals surface area contributed by atoms with Gasteiger partial charge in [-0.3, -0.25) is 4.79 Å². The molecule has 2 heteroatoms. The highest BCUT2D eigenvalue weighted by Gasteiger charge is 2.16. The van der Waals surface area contributed by atoms with Crippen LogP contribution in [0.25, 0.3) is 0 Å². The summed E-state index contributed by atoms with van der Waals surface area (Å²) in [4.78, 5) is 11.6. The van der Waals surface area contributed by atoms with Crippen molar-refractivity contribution in [1.29, 1.82) is 0 Å².